The molecule has 1 aliphatic heterocycles. The average Bonchev–Trinajstić information content (AvgIpc) is 2.75. The van der Waals surface area contributed by atoms with Gasteiger partial charge in [-0.1, -0.05) is 6.92 Å². The van der Waals surface area contributed by atoms with E-state index in [2.05, 4.69) is 5.32 Å². The largest absolute Gasteiger partial charge is 0.454 e. The van der Waals surface area contributed by atoms with Gasteiger partial charge in [0.25, 0.3) is 0 Å². The second kappa shape index (κ2) is 6.86. The van der Waals surface area contributed by atoms with Gasteiger partial charge in [0.1, 0.15) is 5.75 Å². The number of halogens is 1. The van der Waals surface area contributed by atoms with Crippen molar-refractivity contribution in [2.75, 3.05) is 29.3 Å². The zero-order chi connectivity index (χ0) is 14.8. The molecule has 0 spiro atoms. The van der Waals surface area contributed by atoms with E-state index in [1.54, 1.807) is 6.92 Å². The zero-order valence-electron chi connectivity index (χ0n) is 11.4. The Kier molecular flexibility index (Phi) is 5.68. The number of benzene rings is 1. The number of ether oxygens (including phenoxy) is 2. The van der Waals surface area contributed by atoms with Crippen LogP contribution in [0.5, 0.6) is 11.5 Å². The SMILES string of the molecule is CCCS(=O)(=O)CC(=O)Nc1cc2c(cc1N)OCO2.Cl. The molecular weight excluding hydrogens is 320 g/mol. The Balaban J connectivity index is 0.00000220. The molecule has 2 rings (SSSR count). The first kappa shape index (κ1) is 17.4. The summed E-state index contributed by atoms with van der Waals surface area (Å²) >= 11 is 0. The molecule has 0 aliphatic carbocycles. The highest BCUT2D eigenvalue weighted by Gasteiger charge is 2.19. The fourth-order valence-electron chi connectivity index (χ4n) is 1.84. The highest BCUT2D eigenvalue weighted by Crippen LogP contribution is 2.38. The van der Waals surface area contributed by atoms with E-state index in [0.29, 0.717) is 23.6 Å². The molecule has 3 N–H and O–H groups in total. The lowest BCUT2D eigenvalue weighted by Gasteiger charge is -2.09. The molecule has 0 aromatic heterocycles. The maximum Gasteiger partial charge on any atom is 0.239 e. The molecule has 118 valence electrons. The van der Waals surface area contributed by atoms with Gasteiger partial charge in [-0.25, -0.2) is 8.42 Å². The van der Waals surface area contributed by atoms with Gasteiger partial charge in [0, 0.05) is 12.1 Å². The van der Waals surface area contributed by atoms with E-state index in [1.165, 1.54) is 12.1 Å². The van der Waals surface area contributed by atoms with Crippen molar-refractivity contribution in [3.63, 3.8) is 0 Å². The van der Waals surface area contributed by atoms with Crippen LogP contribution in [0, 0.1) is 0 Å². The van der Waals surface area contributed by atoms with Crippen LogP contribution in [0.25, 0.3) is 0 Å². The number of carbonyl (C=O) groups is 1. The average molecular weight is 337 g/mol. The number of fused-ring (bicyclic) bond motifs is 1. The molecule has 1 aromatic rings. The van der Waals surface area contributed by atoms with Crippen LogP contribution in [-0.4, -0.2) is 32.6 Å². The Bertz CT molecular complexity index is 633. The molecule has 9 heteroatoms. The Morgan fingerprint density at radius 1 is 1.33 bits per heavy atom. The predicted molar refractivity (Wildman–Crippen MR) is 81.8 cm³/mol. The molecule has 0 bridgehead atoms. The van der Waals surface area contributed by atoms with Crippen molar-refractivity contribution in [2.45, 2.75) is 13.3 Å². The predicted octanol–water partition coefficient (Wildman–Crippen LogP) is 1.18. The minimum Gasteiger partial charge on any atom is -0.454 e. The first-order chi connectivity index (χ1) is 9.41. The number of amides is 1. The third-order valence-corrected chi connectivity index (χ3v) is 4.42. The minimum atomic E-state index is -3.38. The van der Waals surface area contributed by atoms with Crippen LogP contribution >= 0.6 is 12.4 Å². The summed E-state index contributed by atoms with van der Waals surface area (Å²) in [6, 6.07) is 3.04. The topological polar surface area (TPSA) is 108 Å². The van der Waals surface area contributed by atoms with Gasteiger partial charge in [-0.15, -0.1) is 12.4 Å². The van der Waals surface area contributed by atoms with E-state index in [-0.39, 0.29) is 30.6 Å². The lowest BCUT2D eigenvalue weighted by molar-refractivity contribution is -0.113. The summed E-state index contributed by atoms with van der Waals surface area (Å²) in [5, 5.41) is 2.48. The van der Waals surface area contributed by atoms with Gasteiger partial charge in [0.15, 0.2) is 21.3 Å². The molecule has 0 saturated carbocycles. The molecule has 1 aromatic carbocycles. The van der Waals surface area contributed by atoms with Crippen LogP contribution in [0.4, 0.5) is 11.4 Å². The minimum absolute atomic E-state index is 0. The Morgan fingerprint density at radius 2 is 1.95 bits per heavy atom. The molecule has 0 fully saturated rings. The van der Waals surface area contributed by atoms with Gasteiger partial charge in [0.05, 0.1) is 17.1 Å². The number of hydrogen-bond donors (Lipinski definition) is 2. The van der Waals surface area contributed by atoms with E-state index in [9.17, 15) is 13.2 Å². The quantitative estimate of drug-likeness (QED) is 0.782. The summed E-state index contributed by atoms with van der Waals surface area (Å²) in [4.78, 5) is 11.7. The van der Waals surface area contributed by atoms with Gasteiger partial charge < -0.3 is 20.5 Å². The number of anilines is 2. The van der Waals surface area contributed by atoms with Crippen molar-refractivity contribution in [3.05, 3.63) is 12.1 Å². The standard InChI is InChI=1S/C12H16N2O5S.ClH/c1-2-3-20(16,17)6-12(15)14-9-5-11-10(4-8(9)13)18-7-19-11;/h4-5H,2-3,6-7,13H2,1H3,(H,14,15);1H. The summed E-state index contributed by atoms with van der Waals surface area (Å²) in [6.07, 6.45) is 0.474. The van der Waals surface area contributed by atoms with E-state index in [0.717, 1.165) is 0 Å². The van der Waals surface area contributed by atoms with Crippen LogP contribution in [0.1, 0.15) is 13.3 Å². The number of nitrogens with two attached hydrogens (primary N) is 1. The molecule has 0 saturated heterocycles. The molecule has 0 atom stereocenters. The molecule has 0 unspecified atom stereocenters. The highest BCUT2D eigenvalue weighted by atomic mass is 35.5. The smallest absolute Gasteiger partial charge is 0.239 e. The van der Waals surface area contributed by atoms with Crippen LogP contribution in [0.3, 0.4) is 0 Å². The van der Waals surface area contributed by atoms with Crippen molar-refractivity contribution in [2.24, 2.45) is 0 Å². The molecular formula is C12H17ClN2O5S. The number of sulfone groups is 1. The van der Waals surface area contributed by atoms with Gasteiger partial charge in [-0.3, -0.25) is 4.79 Å². The Hall–Kier alpha value is -1.67. The Labute approximate surface area is 129 Å². The zero-order valence-corrected chi connectivity index (χ0v) is 13.1. The number of carbonyl (C=O) groups excluding carboxylic acids is 1. The number of rotatable bonds is 5. The van der Waals surface area contributed by atoms with E-state index in [4.69, 9.17) is 15.2 Å². The normalized spacial score (nSPS) is 12.6. The first-order valence-corrected chi connectivity index (χ1v) is 7.93. The molecule has 0 radical (unpaired) electrons. The Morgan fingerprint density at radius 3 is 2.57 bits per heavy atom. The van der Waals surface area contributed by atoms with Crippen molar-refractivity contribution in [3.8, 4) is 11.5 Å². The van der Waals surface area contributed by atoms with E-state index < -0.39 is 21.5 Å². The van der Waals surface area contributed by atoms with Crippen LogP contribution in [-0.2, 0) is 14.6 Å². The molecule has 21 heavy (non-hydrogen) atoms. The van der Waals surface area contributed by atoms with Gasteiger partial charge in [-0.05, 0) is 6.42 Å². The van der Waals surface area contributed by atoms with Gasteiger partial charge in [-0.2, -0.15) is 0 Å². The van der Waals surface area contributed by atoms with Crippen molar-refractivity contribution in [1.29, 1.82) is 0 Å². The number of hydrogen-bond acceptors (Lipinski definition) is 6. The first-order valence-electron chi connectivity index (χ1n) is 6.10. The summed E-state index contributed by atoms with van der Waals surface area (Å²) in [7, 11) is -3.38. The van der Waals surface area contributed by atoms with Crippen molar-refractivity contribution < 1.29 is 22.7 Å². The second-order valence-corrected chi connectivity index (χ2v) is 6.62. The lowest BCUT2D eigenvalue weighted by Crippen LogP contribution is -2.24. The van der Waals surface area contributed by atoms with Gasteiger partial charge in [0.2, 0.25) is 12.7 Å². The van der Waals surface area contributed by atoms with Crippen LogP contribution < -0.4 is 20.5 Å². The summed E-state index contributed by atoms with van der Waals surface area (Å²) in [5.74, 6) is -0.236. The molecule has 7 nitrogen and oxygen atoms in total. The molecule has 1 amide bonds. The van der Waals surface area contributed by atoms with Crippen molar-refractivity contribution >= 4 is 39.5 Å². The lowest BCUT2D eigenvalue weighted by atomic mass is 10.2. The summed E-state index contributed by atoms with van der Waals surface area (Å²) in [6.45, 7) is 1.84. The summed E-state index contributed by atoms with van der Waals surface area (Å²) < 4.78 is 33.4. The van der Waals surface area contributed by atoms with Gasteiger partial charge >= 0.3 is 0 Å². The fraction of sp³-hybridized carbons (Fsp3) is 0.417. The second-order valence-electron chi connectivity index (χ2n) is 4.43. The summed E-state index contributed by atoms with van der Waals surface area (Å²) in [5.41, 5.74) is 6.36. The third kappa shape index (κ3) is 4.40. The highest BCUT2D eigenvalue weighted by molar-refractivity contribution is 7.92. The maximum atomic E-state index is 11.7. The molecule has 1 aliphatic rings. The number of nitrogen functional groups attached to an aromatic ring is 1. The maximum absolute atomic E-state index is 11.7. The van der Waals surface area contributed by atoms with E-state index in [1.807, 2.05) is 0 Å². The fourth-order valence-corrected chi connectivity index (χ4v) is 3.07. The third-order valence-electron chi connectivity index (χ3n) is 2.68. The monoisotopic (exact) mass is 336 g/mol. The van der Waals surface area contributed by atoms with E-state index >= 15 is 0 Å². The van der Waals surface area contributed by atoms with Crippen molar-refractivity contribution in [1.82, 2.24) is 0 Å². The van der Waals surface area contributed by atoms with Crippen LogP contribution in [0.2, 0.25) is 0 Å². The van der Waals surface area contributed by atoms with Crippen LogP contribution in [0.15, 0.2) is 12.1 Å². The number of nitrogens with one attached hydrogen (secondary N) is 1. The molecule has 1 heterocycles.